The molecule has 50 heavy (non-hydrogen) atoms. The van der Waals surface area contributed by atoms with Crippen molar-refractivity contribution in [3.8, 4) is 18.1 Å². The third-order valence-corrected chi connectivity index (χ3v) is 14.7. The van der Waals surface area contributed by atoms with Gasteiger partial charge in [0.1, 0.15) is 12.4 Å². The van der Waals surface area contributed by atoms with Crippen LogP contribution in [0.5, 0.6) is 5.75 Å². The first-order valence-corrected chi connectivity index (χ1v) is 21.5. The molecule has 0 fully saturated rings. The van der Waals surface area contributed by atoms with Crippen LogP contribution < -0.4 is 4.74 Å². The Balaban J connectivity index is 1.61. The summed E-state index contributed by atoms with van der Waals surface area (Å²) < 4.78 is 66.1. The first-order chi connectivity index (χ1) is 23.9. The van der Waals surface area contributed by atoms with Crippen molar-refractivity contribution in [2.75, 3.05) is 18.1 Å². The van der Waals surface area contributed by atoms with E-state index in [4.69, 9.17) is 16.1 Å². The quantitative estimate of drug-likeness (QED) is 0.194. The lowest BCUT2D eigenvalue weighted by Crippen LogP contribution is -2.40. The molecular weight excluding hydrogens is 707 g/mol. The van der Waals surface area contributed by atoms with Crippen LogP contribution in [0.2, 0.25) is 0 Å². The molecule has 4 bridgehead atoms. The van der Waals surface area contributed by atoms with Crippen molar-refractivity contribution >= 4 is 43.6 Å². The molecule has 2 atom stereocenters. The van der Waals surface area contributed by atoms with Gasteiger partial charge in [0.25, 0.3) is 0 Å². The molecule has 0 saturated heterocycles. The number of rotatable bonds is 6. The predicted molar refractivity (Wildman–Crippen MR) is 204 cm³/mol. The number of thioether (sulfide) groups is 2. The van der Waals surface area contributed by atoms with E-state index in [9.17, 15) is 16.8 Å². The van der Waals surface area contributed by atoms with Crippen molar-refractivity contribution < 1.29 is 21.6 Å². The van der Waals surface area contributed by atoms with E-state index < -0.39 is 20.0 Å². The molecule has 2 heterocycles. The summed E-state index contributed by atoms with van der Waals surface area (Å²) in [4.78, 5) is 5.27. The molecule has 0 N–H and O–H groups in total. The van der Waals surface area contributed by atoms with E-state index in [0.29, 0.717) is 39.9 Å². The molecular formula is C38H43N3O5S4. The van der Waals surface area contributed by atoms with Crippen LogP contribution in [0.3, 0.4) is 0 Å². The van der Waals surface area contributed by atoms with Gasteiger partial charge >= 0.3 is 0 Å². The summed E-state index contributed by atoms with van der Waals surface area (Å²) in [5, 5.41) is 0. The SMILES string of the molecule is C#CCOc1cc2cc(c1)CN(S(=O)(=O)c1ccc(C)cc1)[C@@H](C)CSCc1cccc(n1)CSC[C@H](C)N(S(=O)(=O)c1ccc(C)cc1)C2. The number of terminal acetylenes is 1. The normalized spacial score (nSPS) is 18.8. The van der Waals surface area contributed by atoms with Crippen molar-refractivity contribution in [1.29, 1.82) is 0 Å². The van der Waals surface area contributed by atoms with Gasteiger partial charge in [-0.05, 0) is 87.4 Å². The maximum absolute atomic E-state index is 14.3. The standard InChI is InChI=1S/C38H43N3O5S4/c1-6-18-46-36-20-32-19-33(21-36)23-41(50(44,45)38-16-12-29(3)13-17-38)31(5)25-48-27-35-9-7-8-34(39-35)26-47-24-30(4)40(22-32)49(42,43)37-14-10-28(2)11-15-37/h1,7-17,19-21,30-31H,18,22-27H2,2-5H3/t30-,31-/m0/s1. The summed E-state index contributed by atoms with van der Waals surface area (Å²) in [5.41, 5.74) is 5.06. The average molecular weight is 750 g/mol. The van der Waals surface area contributed by atoms with Crippen LogP contribution in [0.4, 0.5) is 0 Å². The number of aromatic nitrogens is 1. The summed E-state index contributed by atoms with van der Waals surface area (Å²) in [6.07, 6.45) is 5.53. The molecule has 0 saturated carbocycles. The molecule has 12 heteroatoms. The smallest absolute Gasteiger partial charge is 0.243 e. The van der Waals surface area contributed by atoms with Crippen molar-refractivity contribution in [2.24, 2.45) is 0 Å². The first kappa shape index (κ1) is 37.9. The van der Waals surface area contributed by atoms with Gasteiger partial charge in [-0.15, -0.1) is 6.42 Å². The van der Waals surface area contributed by atoms with Crippen LogP contribution in [0, 0.1) is 26.2 Å². The number of ether oxygens (including phenoxy) is 1. The Morgan fingerprint density at radius 2 is 1.18 bits per heavy atom. The van der Waals surface area contributed by atoms with E-state index in [1.807, 2.05) is 52.0 Å². The van der Waals surface area contributed by atoms with E-state index in [2.05, 4.69) is 5.92 Å². The molecule has 5 rings (SSSR count). The maximum Gasteiger partial charge on any atom is 0.243 e. The number of nitrogens with zero attached hydrogens (tertiary/aromatic N) is 3. The van der Waals surface area contributed by atoms with E-state index in [1.165, 1.54) is 8.61 Å². The largest absolute Gasteiger partial charge is 0.481 e. The molecule has 0 unspecified atom stereocenters. The van der Waals surface area contributed by atoms with Crippen molar-refractivity contribution in [3.63, 3.8) is 0 Å². The number of sulfonamides is 2. The topological polar surface area (TPSA) is 96.9 Å². The molecule has 0 aliphatic carbocycles. The molecule has 0 amide bonds. The third kappa shape index (κ3) is 9.51. The van der Waals surface area contributed by atoms with Gasteiger partial charge in [0.2, 0.25) is 20.0 Å². The van der Waals surface area contributed by atoms with Gasteiger partial charge in [-0.1, -0.05) is 53.4 Å². The number of hydrogen-bond donors (Lipinski definition) is 0. The molecule has 0 spiro atoms. The Morgan fingerprint density at radius 3 is 1.60 bits per heavy atom. The van der Waals surface area contributed by atoms with Crippen molar-refractivity contribution in [3.05, 3.63) is 119 Å². The van der Waals surface area contributed by atoms with E-state index in [-0.39, 0.29) is 41.6 Å². The zero-order valence-corrected chi connectivity index (χ0v) is 32.0. The lowest BCUT2D eigenvalue weighted by atomic mass is 10.1. The van der Waals surface area contributed by atoms with E-state index >= 15 is 0 Å². The monoisotopic (exact) mass is 749 g/mol. The lowest BCUT2D eigenvalue weighted by molar-refractivity contribution is 0.342. The fourth-order valence-corrected chi connectivity index (χ4v) is 11.1. The first-order valence-electron chi connectivity index (χ1n) is 16.3. The van der Waals surface area contributed by atoms with Gasteiger partial charge in [0, 0.05) is 48.2 Å². The van der Waals surface area contributed by atoms with Crippen molar-refractivity contribution in [1.82, 2.24) is 13.6 Å². The van der Waals surface area contributed by atoms with Gasteiger partial charge in [-0.3, -0.25) is 4.98 Å². The second-order valence-corrected chi connectivity index (χ2v) is 18.4. The van der Waals surface area contributed by atoms with Crippen LogP contribution in [-0.4, -0.2) is 60.6 Å². The molecule has 264 valence electrons. The molecule has 3 aromatic carbocycles. The fraction of sp³-hybridized carbons (Fsp3) is 0.342. The second-order valence-electron chi connectivity index (χ2n) is 12.6. The molecule has 8 nitrogen and oxygen atoms in total. The van der Waals surface area contributed by atoms with Gasteiger partial charge in [-0.25, -0.2) is 16.8 Å². The third-order valence-electron chi connectivity index (χ3n) is 8.35. The van der Waals surface area contributed by atoms with Gasteiger partial charge in [-0.2, -0.15) is 32.1 Å². The Kier molecular flexibility index (Phi) is 12.7. The van der Waals surface area contributed by atoms with Crippen LogP contribution in [-0.2, 0) is 44.6 Å². The molecule has 0 radical (unpaired) electrons. The Labute approximate surface area is 306 Å². The fourth-order valence-electron chi connectivity index (χ4n) is 5.65. The number of benzene rings is 3. The Hall–Kier alpha value is -3.31. The maximum atomic E-state index is 14.3. The summed E-state index contributed by atoms with van der Waals surface area (Å²) in [5.74, 6) is 5.25. The van der Waals surface area contributed by atoms with E-state index in [1.54, 1.807) is 84.2 Å². The number of aryl methyl sites for hydroxylation is 2. The van der Waals surface area contributed by atoms with Crippen molar-refractivity contribution in [2.45, 2.75) is 74.2 Å². The predicted octanol–water partition coefficient (Wildman–Crippen LogP) is 7.05. The number of fused-ring (bicyclic) bond motifs is 4. The molecule has 1 aliphatic heterocycles. The highest BCUT2D eigenvalue weighted by Gasteiger charge is 2.32. The average Bonchev–Trinajstić information content (AvgIpc) is 3.08. The summed E-state index contributed by atoms with van der Waals surface area (Å²) in [6, 6.07) is 24.3. The van der Waals surface area contributed by atoms with Gasteiger partial charge in [0.15, 0.2) is 0 Å². The molecule has 1 aromatic heterocycles. The molecule has 4 aromatic rings. The summed E-state index contributed by atoms with van der Waals surface area (Å²) in [7, 11) is -7.86. The highest BCUT2D eigenvalue weighted by molar-refractivity contribution is 7.98. The lowest BCUT2D eigenvalue weighted by Gasteiger charge is -2.30. The summed E-state index contributed by atoms with van der Waals surface area (Å²) >= 11 is 3.28. The van der Waals surface area contributed by atoms with Crippen LogP contribution in [0.25, 0.3) is 0 Å². The van der Waals surface area contributed by atoms with Crippen LogP contribution in [0.1, 0.15) is 47.5 Å². The minimum atomic E-state index is -3.93. The number of hydrogen-bond acceptors (Lipinski definition) is 8. The number of pyridine rings is 1. The molecule has 1 aliphatic rings. The summed E-state index contributed by atoms with van der Waals surface area (Å²) in [6.45, 7) is 7.75. The zero-order valence-electron chi connectivity index (χ0n) is 28.8. The van der Waals surface area contributed by atoms with Gasteiger partial charge in [0.05, 0.1) is 21.2 Å². The van der Waals surface area contributed by atoms with Crippen LogP contribution >= 0.6 is 23.5 Å². The zero-order chi connectivity index (χ0) is 35.9. The highest BCUT2D eigenvalue weighted by Crippen LogP contribution is 2.30. The minimum Gasteiger partial charge on any atom is -0.481 e. The minimum absolute atomic E-state index is 0.00786. The van der Waals surface area contributed by atoms with Gasteiger partial charge < -0.3 is 4.74 Å². The van der Waals surface area contributed by atoms with Crippen LogP contribution in [0.15, 0.2) is 94.7 Å². The Bertz CT molecular complexity index is 1900. The Morgan fingerprint density at radius 1 is 0.740 bits per heavy atom. The second kappa shape index (κ2) is 16.8. The highest BCUT2D eigenvalue weighted by atomic mass is 32.2. The van der Waals surface area contributed by atoms with E-state index in [0.717, 1.165) is 22.5 Å².